The van der Waals surface area contributed by atoms with Gasteiger partial charge in [0.05, 0.1) is 27.1 Å². The third kappa shape index (κ3) is 3.80. The summed E-state index contributed by atoms with van der Waals surface area (Å²) in [6, 6.07) is 8.30. The molecule has 10 heteroatoms. The SMILES string of the molecule is CC1(C)[C@@H]2CC[C@@]1(C)c1[nH]n(-c3ccc(F)cc3Cl)c(=O)c12.CCn1c2c(c(=O)n1-c1ccc(F)cc1Cl)[C@H]1CC[C@]2(C)C1(C)C. The summed E-state index contributed by atoms with van der Waals surface area (Å²) in [5.41, 5.74) is 5.14. The number of nitrogens with one attached hydrogen (secondary N) is 1. The minimum atomic E-state index is -0.408. The van der Waals surface area contributed by atoms with Crippen molar-refractivity contribution in [2.45, 2.75) is 103 Å². The van der Waals surface area contributed by atoms with Crippen LogP contribution >= 0.6 is 23.2 Å². The lowest BCUT2D eigenvalue weighted by Gasteiger charge is -2.36. The normalized spacial score (nSPS) is 27.5. The van der Waals surface area contributed by atoms with Crippen LogP contribution < -0.4 is 11.1 Å². The molecule has 0 unspecified atom stereocenters. The van der Waals surface area contributed by atoms with Crippen LogP contribution in [0.25, 0.3) is 11.4 Å². The van der Waals surface area contributed by atoms with Crippen molar-refractivity contribution in [1.82, 2.24) is 19.1 Å². The second-order valence-corrected chi connectivity index (χ2v) is 15.9. The molecule has 46 heavy (non-hydrogen) atoms. The maximum atomic E-state index is 13.4. The van der Waals surface area contributed by atoms with Crippen molar-refractivity contribution >= 4 is 23.2 Å². The van der Waals surface area contributed by atoms with E-state index in [-0.39, 0.29) is 54.7 Å². The Hall–Kier alpha value is -3.10. The van der Waals surface area contributed by atoms with Gasteiger partial charge in [0.25, 0.3) is 11.1 Å². The van der Waals surface area contributed by atoms with Crippen LogP contribution in [0.3, 0.4) is 0 Å². The Balaban J connectivity index is 0.000000147. The van der Waals surface area contributed by atoms with Gasteiger partial charge in [-0.2, -0.15) is 0 Å². The van der Waals surface area contributed by atoms with Crippen molar-refractivity contribution in [1.29, 1.82) is 0 Å². The van der Waals surface area contributed by atoms with Crippen LogP contribution in [0.15, 0.2) is 46.0 Å². The Morgan fingerprint density at radius 1 is 0.783 bits per heavy atom. The Morgan fingerprint density at radius 2 is 1.30 bits per heavy atom. The van der Waals surface area contributed by atoms with E-state index in [0.717, 1.165) is 48.2 Å². The Kier molecular flexibility index (Phi) is 6.82. The van der Waals surface area contributed by atoms with Crippen LogP contribution in [-0.2, 0) is 17.4 Å². The molecule has 4 aliphatic rings. The third-order valence-corrected chi connectivity index (χ3v) is 13.5. The summed E-state index contributed by atoms with van der Waals surface area (Å²) >= 11 is 12.4. The summed E-state index contributed by atoms with van der Waals surface area (Å²) in [6.07, 6.45) is 4.27. The molecule has 2 saturated carbocycles. The summed E-state index contributed by atoms with van der Waals surface area (Å²) in [7, 11) is 0. The number of nitrogens with zero attached hydrogens (tertiary/aromatic N) is 3. The van der Waals surface area contributed by atoms with Crippen molar-refractivity contribution < 1.29 is 8.78 Å². The van der Waals surface area contributed by atoms with Gasteiger partial charge < -0.3 is 0 Å². The summed E-state index contributed by atoms with van der Waals surface area (Å²) in [6.45, 7) is 16.3. The first-order valence-electron chi connectivity index (χ1n) is 16.1. The van der Waals surface area contributed by atoms with E-state index in [1.807, 2.05) is 6.92 Å². The van der Waals surface area contributed by atoms with Crippen molar-refractivity contribution in [2.75, 3.05) is 0 Å². The second kappa shape index (κ2) is 9.96. The fourth-order valence-electron chi connectivity index (χ4n) is 9.56. The fraction of sp³-hybridized carbons (Fsp3) is 0.500. The lowest BCUT2D eigenvalue weighted by atomic mass is 9.70. The number of benzene rings is 2. The summed E-state index contributed by atoms with van der Waals surface area (Å²) in [5.74, 6) is -0.249. The number of rotatable bonds is 3. The van der Waals surface area contributed by atoms with Crippen molar-refractivity contribution in [2.24, 2.45) is 10.8 Å². The fourth-order valence-corrected chi connectivity index (χ4v) is 10.1. The van der Waals surface area contributed by atoms with Gasteiger partial charge in [0.2, 0.25) is 0 Å². The van der Waals surface area contributed by atoms with Crippen LogP contribution in [0.1, 0.15) is 109 Å². The maximum Gasteiger partial charge on any atom is 0.275 e. The molecule has 6 nitrogen and oxygen atoms in total. The molecule has 8 rings (SSSR count). The Labute approximate surface area is 277 Å². The van der Waals surface area contributed by atoms with Gasteiger partial charge in [0.15, 0.2) is 0 Å². The topological polar surface area (TPSA) is 64.7 Å². The first-order chi connectivity index (χ1) is 21.5. The van der Waals surface area contributed by atoms with Crippen LogP contribution in [0, 0.1) is 22.5 Å². The Bertz CT molecular complexity index is 2050. The van der Waals surface area contributed by atoms with Gasteiger partial charge >= 0.3 is 0 Å². The van der Waals surface area contributed by atoms with Crippen LogP contribution in [0.4, 0.5) is 8.78 Å². The highest BCUT2D eigenvalue weighted by molar-refractivity contribution is 6.32. The van der Waals surface area contributed by atoms with Crippen molar-refractivity contribution in [3.8, 4) is 11.4 Å². The van der Waals surface area contributed by atoms with E-state index < -0.39 is 11.6 Å². The molecule has 4 aromatic rings. The van der Waals surface area contributed by atoms with Crippen LogP contribution in [0.2, 0.25) is 10.0 Å². The highest BCUT2D eigenvalue weighted by Crippen LogP contribution is 2.68. The molecule has 4 atom stereocenters. The molecule has 4 aliphatic carbocycles. The van der Waals surface area contributed by atoms with Gasteiger partial charge in [-0.15, -0.1) is 0 Å². The molecule has 0 radical (unpaired) electrons. The molecule has 0 saturated heterocycles. The number of hydrogen-bond acceptors (Lipinski definition) is 2. The predicted octanol–water partition coefficient (Wildman–Crippen LogP) is 8.76. The molecule has 2 fully saturated rings. The van der Waals surface area contributed by atoms with E-state index in [0.29, 0.717) is 17.9 Å². The molecular formula is C36H40Cl2F2N4O2. The van der Waals surface area contributed by atoms with Gasteiger partial charge in [-0.3, -0.25) is 19.4 Å². The molecular weight excluding hydrogens is 629 g/mol. The zero-order valence-electron chi connectivity index (χ0n) is 27.3. The second-order valence-electron chi connectivity index (χ2n) is 15.1. The van der Waals surface area contributed by atoms with Crippen molar-refractivity contribution in [3.05, 3.63) is 101 Å². The van der Waals surface area contributed by atoms with Gasteiger partial charge in [-0.25, -0.2) is 18.1 Å². The quantitative estimate of drug-likeness (QED) is 0.237. The molecule has 0 spiro atoms. The Morgan fingerprint density at radius 3 is 1.85 bits per heavy atom. The highest BCUT2D eigenvalue weighted by atomic mass is 35.5. The van der Waals surface area contributed by atoms with Gasteiger partial charge in [0, 0.05) is 34.2 Å². The van der Waals surface area contributed by atoms with Gasteiger partial charge in [-0.1, -0.05) is 64.7 Å². The minimum absolute atomic E-state index is 0.00172. The van der Waals surface area contributed by atoms with Gasteiger partial charge in [-0.05, 0) is 91.7 Å². The predicted molar refractivity (Wildman–Crippen MR) is 178 cm³/mol. The largest absolute Gasteiger partial charge is 0.294 e. The smallest absolute Gasteiger partial charge is 0.275 e. The van der Waals surface area contributed by atoms with E-state index in [9.17, 15) is 18.4 Å². The van der Waals surface area contributed by atoms with E-state index in [2.05, 4.69) is 51.3 Å². The number of aromatic nitrogens is 4. The van der Waals surface area contributed by atoms with E-state index in [1.165, 1.54) is 28.9 Å². The molecule has 4 bridgehead atoms. The zero-order chi connectivity index (χ0) is 33.3. The standard InChI is InChI=1S/C19H22ClFN2O.C17H18ClFN2O/c1-5-22-16-15(12-8-9-19(16,4)18(12,2)3)17(24)23(22)14-7-6-11(21)10-13(14)20;1-16(2)10-6-7-17(16,3)14-13(10)15(22)21(20-14)12-5-4-9(19)8-11(12)18/h6-7,10,12H,5,8-9H2,1-4H3;4-5,8,10,20H,6-7H2,1-3H3/t12-,19+;10-,17+/m11/s1. The molecule has 0 aliphatic heterocycles. The molecule has 244 valence electrons. The lowest BCUT2D eigenvalue weighted by Crippen LogP contribution is -2.36. The van der Waals surface area contributed by atoms with Crippen LogP contribution in [-0.4, -0.2) is 19.1 Å². The highest BCUT2D eigenvalue weighted by Gasteiger charge is 2.63. The average molecular weight is 670 g/mol. The summed E-state index contributed by atoms with van der Waals surface area (Å²) in [5, 5.41) is 3.76. The lowest BCUT2D eigenvalue weighted by molar-refractivity contribution is 0.216. The molecule has 2 aromatic heterocycles. The van der Waals surface area contributed by atoms with E-state index in [4.69, 9.17) is 23.2 Å². The van der Waals surface area contributed by atoms with E-state index in [1.54, 1.807) is 16.8 Å². The number of halogens is 4. The number of H-pyrrole nitrogens is 1. The third-order valence-electron chi connectivity index (χ3n) is 12.9. The summed E-state index contributed by atoms with van der Waals surface area (Å²) < 4.78 is 31.8. The monoisotopic (exact) mass is 668 g/mol. The first-order valence-corrected chi connectivity index (χ1v) is 16.9. The first kappa shape index (κ1) is 31.5. The average Bonchev–Trinajstić information content (AvgIpc) is 3.70. The molecule has 0 amide bonds. The van der Waals surface area contributed by atoms with Crippen LogP contribution in [0.5, 0.6) is 0 Å². The summed E-state index contributed by atoms with van der Waals surface area (Å²) in [4.78, 5) is 26.2. The maximum absolute atomic E-state index is 13.4. The van der Waals surface area contributed by atoms with Crippen molar-refractivity contribution in [3.63, 3.8) is 0 Å². The zero-order valence-corrected chi connectivity index (χ0v) is 28.8. The molecule has 1 N–H and O–H groups in total. The van der Waals surface area contributed by atoms with E-state index >= 15 is 0 Å². The molecule has 2 heterocycles. The van der Waals surface area contributed by atoms with Gasteiger partial charge in [0.1, 0.15) is 11.6 Å². The number of hydrogen-bond donors (Lipinski definition) is 1. The minimum Gasteiger partial charge on any atom is -0.294 e. The molecule has 2 aromatic carbocycles. The number of aromatic amines is 1. The number of fused-ring (bicyclic) bond motifs is 10.